The van der Waals surface area contributed by atoms with Crippen LogP contribution in [0.4, 0.5) is 0 Å². The lowest BCUT2D eigenvalue weighted by Gasteiger charge is -2.32. The molecule has 0 fully saturated rings. The van der Waals surface area contributed by atoms with Gasteiger partial charge in [0.15, 0.2) is 0 Å². The van der Waals surface area contributed by atoms with E-state index in [9.17, 15) is 24.3 Å². The lowest BCUT2D eigenvalue weighted by molar-refractivity contribution is -0.152. The van der Waals surface area contributed by atoms with Crippen molar-refractivity contribution in [2.45, 2.75) is 58.4 Å². The number of nitrogens with one attached hydrogen (secondary N) is 1. The van der Waals surface area contributed by atoms with Crippen molar-refractivity contribution in [3.8, 4) is 0 Å². The zero-order valence-corrected chi connectivity index (χ0v) is 22.8. The second-order valence-electron chi connectivity index (χ2n) is 9.87. The van der Waals surface area contributed by atoms with Crippen molar-refractivity contribution in [2.75, 3.05) is 20.6 Å². The topological polar surface area (TPSA) is 116 Å². The first kappa shape index (κ1) is 30.5. The van der Waals surface area contributed by atoms with Crippen molar-refractivity contribution in [3.63, 3.8) is 0 Å². The van der Waals surface area contributed by atoms with E-state index in [2.05, 4.69) is 5.32 Å². The highest BCUT2D eigenvalue weighted by molar-refractivity contribution is 5.93. The second kappa shape index (κ2) is 14.9. The summed E-state index contributed by atoms with van der Waals surface area (Å²) in [7, 11) is 2.97. The van der Waals surface area contributed by atoms with Crippen molar-refractivity contribution < 1.29 is 29.0 Å². The fourth-order valence-electron chi connectivity index (χ4n) is 3.92. The maximum atomic E-state index is 13.5. The Hall–Kier alpha value is -3.72. The Morgan fingerprint density at radius 2 is 1.42 bits per heavy atom. The number of hydrogen-bond acceptors (Lipinski definition) is 6. The van der Waals surface area contributed by atoms with E-state index in [1.165, 1.54) is 30.8 Å². The molecule has 2 rings (SSSR count). The van der Waals surface area contributed by atoms with Gasteiger partial charge in [-0.05, 0) is 30.4 Å². The van der Waals surface area contributed by atoms with Gasteiger partial charge in [0.2, 0.25) is 17.7 Å². The molecule has 0 saturated carbocycles. The normalized spacial score (nSPS) is 13.2. The fourth-order valence-corrected chi connectivity index (χ4v) is 3.92. The molecule has 0 aliphatic rings. The van der Waals surface area contributed by atoms with Crippen LogP contribution in [0.3, 0.4) is 0 Å². The third kappa shape index (κ3) is 9.63. The van der Waals surface area contributed by atoms with Crippen LogP contribution in [0, 0.1) is 5.92 Å². The molecule has 0 aliphatic carbocycles. The van der Waals surface area contributed by atoms with Crippen LogP contribution in [0.15, 0.2) is 60.7 Å². The molecule has 3 atom stereocenters. The van der Waals surface area contributed by atoms with Crippen molar-refractivity contribution in [3.05, 3.63) is 71.8 Å². The fraction of sp³-hybridized carbons (Fsp3) is 0.448. The molecule has 2 N–H and O–H groups in total. The van der Waals surface area contributed by atoms with Crippen molar-refractivity contribution in [1.82, 2.24) is 15.1 Å². The number of aliphatic hydroxyl groups is 1. The maximum absolute atomic E-state index is 13.5. The number of amides is 3. The molecule has 0 bridgehead atoms. The Balaban J connectivity index is 2.10. The van der Waals surface area contributed by atoms with Crippen LogP contribution in [-0.2, 0) is 36.9 Å². The number of benzene rings is 2. The van der Waals surface area contributed by atoms with E-state index in [4.69, 9.17) is 4.74 Å². The summed E-state index contributed by atoms with van der Waals surface area (Å²) in [5, 5.41) is 12.6. The van der Waals surface area contributed by atoms with E-state index in [0.29, 0.717) is 0 Å². The Kier molecular flexibility index (Phi) is 11.9. The quantitative estimate of drug-likeness (QED) is 0.387. The van der Waals surface area contributed by atoms with Crippen molar-refractivity contribution in [1.29, 1.82) is 0 Å². The number of carbonyl (C=O) groups is 4. The third-order valence-electron chi connectivity index (χ3n) is 6.08. The summed E-state index contributed by atoms with van der Waals surface area (Å²) in [6, 6.07) is 16.5. The average Bonchev–Trinajstić information content (AvgIpc) is 2.90. The van der Waals surface area contributed by atoms with Crippen molar-refractivity contribution >= 4 is 23.7 Å². The standard InChI is InChI=1S/C29H39N3O6/c1-20(2)16-25(33)27(35)30-21(3)28(36)32(5)24(17-22-12-8-6-9-13-22)29(37)31(4)18-26(34)38-19-23-14-10-7-11-15-23/h6-15,20-21,24-25,33H,16-19H2,1-5H3,(H,30,35)/t21-,24+,25+/m0/s1. The zero-order chi connectivity index (χ0) is 28.2. The van der Waals surface area contributed by atoms with Gasteiger partial charge in [-0.25, -0.2) is 0 Å². The maximum Gasteiger partial charge on any atom is 0.325 e. The third-order valence-corrected chi connectivity index (χ3v) is 6.08. The monoisotopic (exact) mass is 525 g/mol. The molecule has 9 heteroatoms. The van der Waals surface area contributed by atoms with E-state index in [0.717, 1.165) is 11.1 Å². The number of carbonyl (C=O) groups excluding carboxylic acids is 4. The molecule has 2 aromatic carbocycles. The summed E-state index contributed by atoms with van der Waals surface area (Å²) in [4.78, 5) is 54.0. The Morgan fingerprint density at radius 3 is 1.97 bits per heavy atom. The van der Waals surface area contributed by atoms with Crippen LogP contribution in [0.5, 0.6) is 0 Å². The first-order valence-corrected chi connectivity index (χ1v) is 12.7. The molecular weight excluding hydrogens is 486 g/mol. The van der Waals surface area contributed by atoms with Crippen LogP contribution in [0.2, 0.25) is 0 Å². The molecule has 0 unspecified atom stereocenters. The summed E-state index contributed by atoms with van der Waals surface area (Å²) >= 11 is 0. The van der Waals surface area contributed by atoms with Crippen LogP contribution >= 0.6 is 0 Å². The Morgan fingerprint density at radius 1 is 0.868 bits per heavy atom. The predicted molar refractivity (Wildman–Crippen MR) is 144 cm³/mol. The number of rotatable bonds is 13. The molecule has 0 aliphatic heterocycles. The minimum absolute atomic E-state index is 0.0907. The van der Waals surface area contributed by atoms with E-state index >= 15 is 0 Å². The summed E-state index contributed by atoms with van der Waals surface area (Å²) in [5.74, 6) is -2.05. The molecule has 3 amide bonds. The first-order valence-electron chi connectivity index (χ1n) is 12.7. The molecule has 0 saturated heterocycles. The van der Waals surface area contributed by atoms with Gasteiger partial charge >= 0.3 is 5.97 Å². The van der Waals surface area contributed by atoms with Crippen molar-refractivity contribution in [2.24, 2.45) is 5.92 Å². The van der Waals surface area contributed by atoms with E-state index in [-0.39, 0.29) is 31.9 Å². The smallest absolute Gasteiger partial charge is 0.325 e. The van der Waals surface area contributed by atoms with E-state index in [1.807, 2.05) is 74.5 Å². The predicted octanol–water partition coefficient (Wildman–Crippen LogP) is 2.17. The molecule has 206 valence electrons. The second-order valence-corrected chi connectivity index (χ2v) is 9.87. The molecule has 2 aromatic rings. The largest absolute Gasteiger partial charge is 0.459 e. The Bertz CT molecular complexity index is 1060. The minimum Gasteiger partial charge on any atom is -0.459 e. The van der Waals surface area contributed by atoms with Gasteiger partial charge < -0.3 is 25.0 Å². The van der Waals surface area contributed by atoms with Gasteiger partial charge in [0.1, 0.15) is 31.3 Å². The molecular formula is C29H39N3O6. The molecule has 0 radical (unpaired) electrons. The summed E-state index contributed by atoms with van der Waals surface area (Å²) in [6.45, 7) is 5.08. The molecule has 38 heavy (non-hydrogen) atoms. The highest BCUT2D eigenvalue weighted by Gasteiger charge is 2.33. The number of ether oxygens (including phenoxy) is 1. The van der Waals surface area contributed by atoms with Crippen LogP contribution in [0.1, 0.15) is 38.3 Å². The van der Waals surface area contributed by atoms with Crippen LogP contribution in [0.25, 0.3) is 0 Å². The number of nitrogens with zero attached hydrogens (tertiary/aromatic N) is 2. The van der Waals surface area contributed by atoms with Gasteiger partial charge in [0.05, 0.1) is 0 Å². The summed E-state index contributed by atoms with van der Waals surface area (Å²) < 4.78 is 5.30. The van der Waals surface area contributed by atoms with Gasteiger partial charge in [0.25, 0.3) is 0 Å². The first-order chi connectivity index (χ1) is 18.0. The Labute approximate surface area is 224 Å². The average molecular weight is 526 g/mol. The molecule has 0 heterocycles. The molecule has 9 nitrogen and oxygen atoms in total. The minimum atomic E-state index is -1.23. The summed E-state index contributed by atoms with van der Waals surface area (Å²) in [6.07, 6.45) is -0.754. The lowest BCUT2D eigenvalue weighted by Crippen LogP contribution is -2.55. The highest BCUT2D eigenvalue weighted by atomic mass is 16.5. The van der Waals surface area contributed by atoms with E-state index in [1.54, 1.807) is 0 Å². The van der Waals surface area contributed by atoms with Gasteiger partial charge in [-0.2, -0.15) is 0 Å². The molecule has 0 aromatic heterocycles. The lowest BCUT2D eigenvalue weighted by atomic mass is 10.0. The number of hydrogen-bond donors (Lipinski definition) is 2. The van der Waals surface area contributed by atoms with E-state index < -0.39 is 41.9 Å². The number of aliphatic hydroxyl groups excluding tert-OH is 1. The van der Waals surface area contributed by atoms with Gasteiger partial charge in [-0.1, -0.05) is 74.5 Å². The van der Waals surface area contributed by atoms with Crippen LogP contribution < -0.4 is 5.32 Å². The summed E-state index contributed by atoms with van der Waals surface area (Å²) in [5.41, 5.74) is 1.66. The van der Waals surface area contributed by atoms with Crippen LogP contribution in [-0.4, -0.2) is 77.4 Å². The highest BCUT2D eigenvalue weighted by Crippen LogP contribution is 2.13. The SMILES string of the molecule is CC(C)C[C@@H](O)C(=O)N[C@@H](C)C(=O)N(C)[C@H](Cc1ccccc1)C(=O)N(C)CC(=O)OCc1ccccc1. The number of likely N-dealkylation sites (N-methyl/N-ethyl adjacent to an activating group) is 2. The zero-order valence-electron chi connectivity index (χ0n) is 22.8. The van der Waals surface area contributed by atoms with Gasteiger partial charge in [0, 0.05) is 20.5 Å². The number of esters is 1. The van der Waals surface area contributed by atoms with Gasteiger partial charge in [-0.15, -0.1) is 0 Å². The van der Waals surface area contributed by atoms with Gasteiger partial charge in [-0.3, -0.25) is 19.2 Å². The molecule has 0 spiro atoms.